The first-order chi connectivity index (χ1) is 10.1. The number of furan rings is 1. The molecule has 0 atom stereocenters. The van der Waals surface area contributed by atoms with Crippen LogP contribution < -0.4 is 16.2 Å². The quantitative estimate of drug-likeness (QED) is 0.311. The van der Waals surface area contributed by atoms with Crippen LogP contribution >= 0.6 is 12.2 Å². The number of rotatable bonds is 6. The summed E-state index contributed by atoms with van der Waals surface area (Å²) in [6, 6.07) is 3.42. The molecule has 0 aromatic carbocycles. The predicted octanol–water partition coefficient (Wildman–Crippen LogP) is 0.741. The smallest absolute Gasteiger partial charge is 0.250 e. The molecule has 0 aliphatic rings. The molecule has 0 aliphatic heterocycles. The van der Waals surface area contributed by atoms with E-state index >= 15 is 0 Å². The number of hydrazine groups is 1. The van der Waals surface area contributed by atoms with E-state index < -0.39 is 5.91 Å². The van der Waals surface area contributed by atoms with E-state index in [4.69, 9.17) is 21.4 Å². The van der Waals surface area contributed by atoms with Gasteiger partial charge in [-0.2, -0.15) is 0 Å². The van der Waals surface area contributed by atoms with Crippen molar-refractivity contribution in [3.8, 4) is 0 Å². The molecule has 2 amide bonds. The molecule has 0 fully saturated rings. The third-order valence-electron chi connectivity index (χ3n) is 2.17. The van der Waals surface area contributed by atoms with E-state index in [1.54, 1.807) is 12.1 Å². The second kappa shape index (κ2) is 9.67. The Morgan fingerprint density at radius 3 is 2.90 bits per heavy atom. The van der Waals surface area contributed by atoms with Gasteiger partial charge in [-0.1, -0.05) is 0 Å². The second-order valence-corrected chi connectivity index (χ2v) is 4.20. The van der Waals surface area contributed by atoms with Crippen molar-refractivity contribution in [2.24, 2.45) is 0 Å². The van der Waals surface area contributed by atoms with Crippen LogP contribution in [0.25, 0.3) is 6.08 Å². The minimum Gasteiger partial charge on any atom is -0.465 e. The molecular weight excluding hydrogens is 294 g/mol. The van der Waals surface area contributed by atoms with Gasteiger partial charge in [0, 0.05) is 12.7 Å². The van der Waals surface area contributed by atoms with Gasteiger partial charge < -0.3 is 9.15 Å². The fraction of sp³-hybridized carbons (Fsp3) is 0.308. The Kier molecular flexibility index (Phi) is 7.77. The number of thiocarbonyl (C=S) groups is 1. The lowest BCUT2D eigenvalue weighted by Crippen LogP contribution is -2.48. The Morgan fingerprint density at radius 1 is 1.43 bits per heavy atom. The van der Waals surface area contributed by atoms with Gasteiger partial charge in [0.15, 0.2) is 5.11 Å². The van der Waals surface area contributed by atoms with Crippen molar-refractivity contribution >= 4 is 35.2 Å². The second-order valence-electron chi connectivity index (χ2n) is 3.79. The fourth-order valence-electron chi connectivity index (χ4n) is 1.23. The van der Waals surface area contributed by atoms with Crippen LogP contribution in [-0.2, 0) is 14.3 Å². The van der Waals surface area contributed by atoms with Crippen LogP contribution in [0.5, 0.6) is 0 Å². The van der Waals surface area contributed by atoms with Crippen LogP contribution in [0.3, 0.4) is 0 Å². The first kappa shape index (κ1) is 16.9. The summed E-state index contributed by atoms with van der Waals surface area (Å²) in [5.74, 6) is -0.174. The van der Waals surface area contributed by atoms with Gasteiger partial charge in [-0.3, -0.25) is 25.8 Å². The lowest BCUT2D eigenvalue weighted by Gasteiger charge is -2.09. The molecule has 0 aliphatic carbocycles. The maximum Gasteiger partial charge on any atom is 0.250 e. The van der Waals surface area contributed by atoms with E-state index in [9.17, 15) is 9.59 Å². The Morgan fingerprint density at radius 2 is 2.24 bits per heavy atom. The average molecular weight is 311 g/mol. The number of amides is 2. The fourth-order valence-corrected chi connectivity index (χ4v) is 1.38. The van der Waals surface area contributed by atoms with Crippen LogP contribution in [0.1, 0.15) is 19.1 Å². The zero-order valence-electron chi connectivity index (χ0n) is 11.5. The molecule has 1 aromatic heterocycles. The highest BCUT2D eigenvalue weighted by Gasteiger charge is 2.04. The maximum atomic E-state index is 11.5. The third-order valence-corrected chi connectivity index (χ3v) is 2.38. The first-order valence-corrected chi connectivity index (χ1v) is 6.71. The van der Waals surface area contributed by atoms with Crippen LogP contribution in [0.15, 0.2) is 28.9 Å². The molecule has 0 spiro atoms. The van der Waals surface area contributed by atoms with E-state index in [1.165, 1.54) is 18.4 Å². The van der Waals surface area contributed by atoms with Gasteiger partial charge in [0.05, 0.1) is 19.3 Å². The van der Waals surface area contributed by atoms with E-state index in [-0.39, 0.29) is 17.4 Å². The zero-order valence-corrected chi connectivity index (χ0v) is 12.4. The largest absolute Gasteiger partial charge is 0.465 e. The Hall–Kier alpha value is -2.19. The minimum absolute atomic E-state index is 0.00569. The molecule has 114 valence electrons. The minimum atomic E-state index is -0.438. The van der Waals surface area contributed by atoms with Crippen LogP contribution in [0.4, 0.5) is 0 Å². The number of nitrogens with one attached hydrogen (secondary N) is 3. The van der Waals surface area contributed by atoms with Gasteiger partial charge in [-0.05, 0) is 37.4 Å². The van der Waals surface area contributed by atoms with Gasteiger partial charge in [0.25, 0.3) is 0 Å². The molecule has 1 rings (SSSR count). The summed E-state index contributed by atoms with van der Waals surface area (Å²) in [5.41, 5.74) is 4.77. The van der Waals surface area contributed by atoms with Gasteiger partial charge >= 0.3 is 0 Å². The third kappa shape index (κ3) is 7.85. The number of hydrogen-bond acceptors (Lipinski definition) is 5. The highest BCUT2D eigenvalue weighted by Crippen LogP contribution is 2.01. The Balaban J connectivity index is 2.21. The standard InChI is InChI=1S/C13H17N3O4S/c1-2-19-9-7-12(18)15-16-13(21)14-11(17)6-5-10-4-3-8-20-10/h3-6,8H,2,7,9H2,1H3,(H,15,18)(H2,14,16,17,21)/b6-5+. The van der Waals surface area contributed by atoms with Crippen LogP contribution in [0.2, 0.25) is 0 Å². The molecule has 1 aromatic rings. The average Bonchev–Trinajstić information content (AvgIpc) is 2.96. The van der Waals surface area contributed by atoms with Crippen molar-refractivity contribution in [3.63, 3.8) is 0 Å². The molecule has 7 nitrogen and oxygen atoms in total. The number of carbonyl (C=O) groups is 2. The van der Waals surface area contributed by atoms with Gasteiger partial charge in [0.2, 0.25) is 11.8 Å². The Labute approximate surface area is 127 Å². The normalized spacial score (nSPS) is 10.3. The van der Waals surface area contributed by atoms with Crippen molar-refractivity contribution in [2.75, 3.05) is 13.2 Å². The molecule has 0 saturated carbocycles. The Bertz CT molecular complexity index is 500. The van der Waals surface area contributed by atoms with E-state index in [0.29, 0.717) is 19.0 Å². The molecule has 0 saturated heterocycles. The highest BCUT2D eigenvalue weighted by atomic mass is 32.1. The summed E-state index contributed by atoms with van der Waals surface area (Å²) >= 11 is 4.85. The summed E-state index contributed by atoms with van der Waals surface area (Å²) in [5, 5.41) is 2.37. The topological polar surface area (TPSA) is 92.6 Å². The SMILES string of the molecule is CCOCCC(=O)NNC(=S)NC(=O)/C=C/c1ccco1. The van der Waals surface area contributed by atoms with Crippen molar-refractivity contribution in [1.82, 2.24) is 16.2 Å². The molecule has 21 heavy (non-hydrogen) atoms. The number of ether oxygens (including phenoxy) is 1. The first-order valence-electron chi connectivity index (χ1n) is 6.31. The summed E-state index contributed by atoms with van der Waals surface area (Å²) in [7, 11) is 0. The molecule has 0 radical (unpaired) electrons. The lowest BCUT2D eigenvalue weighted by molar-refractivity contribution is -0.123. The molecule has 8 heteroatoms. The van der Waals surface area contributed by atoms with Crippen LogP contribution in [-0.4, -0.2) is 30.1 Å². The monoisotopic (exact) mass is 311 g/mol. The molecule has 3 N–H and O–H groups in total. The summed E-state index contributed by atoms with van der Waals surface area (Å²) < 4.78 is 10.1. The van der Waals surface area contributed by atoms with E-state index in [2.05, 4.69) is 16.2 Å². The summed E-state index contributed by atoms with van der Waals surface area (Å²) in [6.07, 6.45) is 4.47. The number of hydrogen-bond donors (Lipinski definition) is 3. The van der Waals surface area contributed by atoms with Gasteiger partial charge in [0.1, 0.15) is 5.76 Å². The van der Waals surface area contributed by atoms with Crippen molar-refractivity contribution in [3.05, 3.63) is 30.2 Å². The van der Waals surface area contributed by atoms with Gasteiger partial charge in [-0.25, -0.2) is 0 Å². The van der Waals surface area contributed by atoms with Crippen molar-refractivity contribution in [2.45, 2.75) is 13.3 Å². The summed E-state index contributed by atoms with van der Waals surface area (Å²) in [6.45, 7) is 2.73. The van der Waals surface area contributed by atoms with E-state index in [0.717, 1.165) is 0 Å². The molecule has 0 bridgehead atoms. The predicted molar refractivity (Wildman–Crippen MR) is 80.9 cm³/mol. The molecule has 1 heterocycles. The summed E-state index contributed by atoms with van der Waals surface area (Å²) in [4.78, 5) is 22.8. The molecule has 0 unspecified atom stereocenters. The molecular formula is C13H17N3O4S. The zero-order chi connectivity index (χ0) is 15.5. The van der Waals surface area contributed by atoms with E-state index in [1.807, 2.05) is 6.92 Å². The maximum absolute atomic E-state index is 11.5. The van der Waals surface area contributed by atoms with Gasteiger partial charge in [-0.15, -0.1) is 0 Å². The van der Waals surface area contributed by atoms with Crippen molar-refractivity contribution in [1.29, 1.82) is 0 Å². The van der Waals surface area contributed by atoms with Crippen LogP contribution in [0, 0.1) is 0 Å². The van der Waals surface area contributed by atoms with Crippen molar-refractivity contribution < 1.29 is 18.7 Å². The lowest BCUT2D eigenvalue weighted by atomic mass is 10.4. The number of carbonyl (C=O) groups excluding carboxylic acids is 2. The highest BCUT2D eigenvalue weighted by molar-refractivity contribution is 7.80.